The molecule has 0 unspecified atom stereocenters. The second-order valence-corrected chi connectivity index (χ2v) is 8.61. The summed E-state index contributed by atoms with van der Waals surface area (Å²) < 4.78 is 11.1. The average Bonchev–Trinajstić information content (AvgIpc) is 2.82. The van der Waals surface area contributed by atoms with Gasteiger partial charge in [0.15, 0.2) is 0 Å². The third-order valence-corrected chi connectivity index (χ3v) is 5.87. The summed E-state index contributed by atoms with van der Waals surface area (Å²) in [4.78, 5) is 6.90. The van der Waals surface area contributed by atoms with Crippen LogP contribution in [0.5, 0.6) is 5.75 Å². The molecule has 1 aromatic heterocycles. The van der Waals surface area contributed by atoms with Crippen LogP contribution in [0, 0.1) is 6.92 Å². The molecule has 0 bridgehead atoms. The van der Waals surface area contributed by atoms with Gasteiger partial charge < -0.3 is 25.0 Å². The normalized spacial score (nSPS) is 14.2. The molecule has 1 fully saturated rings. The summed E-state index contributed by atoms with van der Waals surface area (Å²) in [6, 6.07) is 18.7. The van der Waals surface area contributed by atoms with Gasteiger partial charge in [0, 0.05) is 42.8 Å². The molecule has 6 nitrogen and oxygen atoms in total. The Labute approximate surface area is 190 Å². The number of anilines is 4. The van der Waals surface area contributed by atoms with Crippen LogP contribution >= 0.6 is 0 Å². The van der Waals surface area contributed by atoms with Gasteiger partial charge in [-0.1, -0.05) is 30.3 Å². The van der Waals surface area contributed by atoms with Crippen molar-refractivity contribution in [3.05, 3.63) is 71.9 Å². The van der Waals surface area contributed by atoms with Gasteiger partial charge in [-0.3, -0.25) is 0 Å². The van der Waals surface area contributed by atoms with E-state index in [0.29, 0.717) is 0 Å². The molecule has 1 aliphatic rings. The van der Waals surface area contributed by atoms with E-state index in [9.17, 15) is 0 Å². The zero-order valence-corrected chi connectivity index (χ0v) is 19.3. The first-order valence-corrected chi connectivity index (χ1v) is 11.0. The second kappa shape index (κ2) is 9.49. The topological polar surface area (TPSA) is 58.7 Å². The lowest BCUT2D eigenvalue weighted by Gasteiger charge is -2.30. The molecule has 4 rings (SSSR count). The standard InChI is InChI=1S/C26H32N4O2/c1-19-18-27-25(17-23(19)29-26(2,3)20-8-6-5-7-9-20)28-22-11-10-21(16-24(22)31-4)30-12-14-32-15-13-30/h5-11,16-18H,12-15H2,1-4H3,(H2,27,28,29). The van der Waals surface area contributed by atoms with Gasteiger partial charge >= 0.3 is 0 Å². The molecule has 0 spiro atoms. The van der Waals surface area contributed by atoms with E-state index in [0.717, 1.165) is 60.5 Å². The molecule has 168 valence electrons. The predicted molar refractivity (Wildman–Crippen MR) is 131 cm³/mol. The van der Waals surface area contributed by atoms with Crippen molar-refractivity contribution in [1.29, 1.82) is 0 Å². The number of ether oxygens (including phenoxy) is 2. The number of nitrogens with one attached hydrogen (secondary N) is 2. The maximum absolute atomic E-state index is 5.68. The van der Waals surface area contributed by atoms with Crippen molar-refractivity contribution in [2.75, 3.05) is 48.9 Å². The van der Waals surface area contributed by atoms with Gasteiger partial charge in [0.25, 0.3) is 0 Å². The van der Waals surface area contributed by atoms with Crippen LogP contribution in [0.1, 0.15) is 25.0 Å². The highest BCUT2D eigenvalue weighted by Crippen LogP contribution is 2.34. The van der Waals surface area contributed by atoms with E-state index in [2.05, 4.69) is 83.8 Å². The van der Waals surface area contributed by atoms with Gasteiger partial charge in [0.05, 0.1) is 31.5 Å². The maximum Gasteiger partial charge on any atom is 0.144 e. The van der Waals surface area contributed by atoms with Gasteiger partial charge in [-0.15, -0.1) is 0 Å². The highest BCUT2D eigenvalue weighted by molar-refractivity contribution is 5.71. The summed E-state index contributed by atoms with van der Waals surface area (Å²) in [6.07, 6.45) is 1.89. The second-order valence-electron chi connectivity index (χ2n) is 8.61. The number of pyridine rings is 1. The minimum absolute atomic E-state index is 0.220. The Balaban J connectivity index is 1.55. The fraction of sp³-hybridized carbons (Fsp3) is 0.346. The first-order valence-electron chi connectivity index (χ1n) is 11.0. The van der Waals surface area contributed by atoms with Crippen molar-refractivity contribution in [2.45, 2.75) is 26.3 Å². The molecule has 2 N–H and O–H groups in total. The Hall–Kier alpha value is -3.25. The SMILES string of the molecule is COc1cc(N2CCOCC2)ccc1Nc1cc(NC(C)(C)c2ccccc2)c(C)cn1. The van der Waals surface area contributed by atoms with E-state index in [-0.39, 0.29) is 5.54 Å². The van der Waals surface area contributed by atoms with Gasteiger partial charge in [0.1, 0.15) is 11.6 Å². The van der Waals surface area contributed by atoms with Crippen molar-refractivity contribution in [3.8, 4) is 5.75 Å². The highest BCUT2D eigenvalue weighted by Gasteiger charge is 2.21. The number of rotatable bonds is 7. The van der Waals surface area contributed by atoms with Crippen molar-refractivity contribution in [2.24, 2.45) is 0 Å². The Bertz CT molecular complexity index is 1050. The van der Waals surface area contributed by atoms with E-state index in [1.165, 1.54) is 5.56 Å². The van der Waals surface area contributed by atoms with Gasteiger partial charge in [-0.05, 0) is 44.0 Å². The zero-order chi connectivity index (χ0) is 22.6. The zero-order valence-electron chi connectivity index (χ0n) is 19.3. The van der Waals surface area contributed by atoms with E-state index >= 15 is 0 Å². The first kappa shape index (κ1) is 22.0. The molecule has 3 aromatic rings. The fourth-order valence-corrected chi connectivity index (χ4v) is 3.93. The molecule has 0 aliphatic carbocycles. The van der Waals surface area contributed by atoms with E-state index < -0.39 is 0 Å². The molecular formula is C26H32N4O2. The quantitative estimate of drug-likeness (QED) is 0.527. The Kier molecular flexibility index (Phi) is 6.51. The van der Waals surface area contributed by atoms with Crippen molar-refractivity contribution in [1.82, 2.24) is 4.98 Å². The maximum atomic E-state index is 5.68. The lowest BCUT2D eigenvalue weighted by molar-refractivity contribution is 0.122. The van der Waals surface area contributed by atoms with Gasteiger partial charge in [-0.2, -0.15) is 0 Å². The molecule has 0 atom stereocenters. The largest absolute Gasteiger partial charge is 0.494 e. The summed E-state index contributed by atoms with van der Waals surface area (Å²) in [6.45, 7) is 9.72. The van der Waals surface area contributed by atoms with Crippen LogP contribution in [-0.2, 0) is 10.3 Å². The summed E-state index contributed by atoms with van der Waals surface area (Å²) in [5.74, 6) is 1.55. The molecule has 1 aliphatic heterocycles. The fourth-order valence-electron chi connectivity index (χ4n) is 3.93. The number of morpholine rings is 1. The summed E-state index contributed by atoms with van der Waals surface area (Å²) in [7, 11) is 1.70. The molecule has 2 heterocycles. The lowest BCUT2D eigenvalue weighted by Crippen LogP contribution is -2.36. The molecule has 2 aromatic carbocycles. The summed E-state index contributed by atoms with van der Waals surface area (Å²) in [5.41, 5.74) is 5.16. The van der Waals surface area contributed by atoms with Crippen LogP contribution in [0.3, 0.4) is 0 Å². The Morgan fingerprint density at radius 2 is 1.75 bits per heavy atom. The molecule has 0 saturated carbocycles. The lowest BCUT2D eigenvalue weighted by atomic mass is 9.94. The molecule has 32 heavy (non-hydrogen) atoms. The van der Waals surface area contributed by atoms with E-state index in [1.54, 1.807) is 7.11 Å². The average molecular weight is 433 g/mol. The third kappa shape index (κ3) is 4.97. The number of aryl methyl sites for hydroxylation is 1. The number of methoxy groups -OCH3 is 1. The van der Waals surface area contributed by atoms with Crippen LogP contribution in [0.2, 0.25) is 0 Å². The summed E-state index contributed by atoms with van der Waals surface area (Å²) >= 11 is 0. The number of aromatic nitrogens is 1. The minimum atomic E-state index is -0.220. The smallest absolute Gasteiger partial charge is 0.144 e. The molecule has 6 heteroatoms. The third-order valence-electron chi connectivity index (χ3n) is 5.87. The Morgan fingerprint density at radius 1 is 1.00 bits per heavy atom. The van der Waals surface area contributed by atoms with Gasteiger partial charge in [0.2, 0.25) is 0 Å². The molecular weight excluding hydrogens is 400 g/mol. The Morgan fingerprint density at radius 3 is 2.47 bits per heavy atom. The minimum Gasteiger partial charge on any atom is -0.494 e. The molecule has 0 amide bonds. The van der Waals surface area contributed by atoms with Gasteiger partial charge in [-0.25, -0.2) is 4.98 Å². The van der Waals surface area contributed by atoms with Crippen LogP contribution < -0.4 is 20.3 Å². The first-order chi connectivity index (χ1) is 15.5. The van der Waals surface area contributed by atoms with Crippen molar-refractivity contribution in [3.63, 3.8) is 0 Å². The van der Waals surface area contributed by atoms with E-state index in [1.807, 2.05) is 18.3 Å². The number of benzene rings is 2. The van der Waals surface area contributed by atoms with Crippen molar-refractivity contribution >= 4 is 22.9 Å². The summed E-state index contributed by atoms with van der Waals surface area (Å²) in [5, 5.41) is 7.11. The van der Waals surface area contributed by atoms with Crippen LogP contribution in [0.25, 0.3) is 0 Å². The number of hydrogen-bond acceptors (Lipinski definition) is 6. The van der Waals surface area contributed by atoms with Crippen molar-refractivity contribution < 1.29 is 9.47 Å². The van der Waals surface area contributed by atoms with Crippen LogP contribution in [0.15, 0.2) is 60.8 Å². The molecule has 1 saturated heterocycles. The van der Waals surface area contributed by atoms with Crippen LogP contribution in [0.4, 0.5) is 22.9 Å². The van der Waals surface area contributed by atoms with Crippen LogP contribution in [-0.4, -0.2) is 38.4 Å². The van der Waals surface area contributed by atoms with E-state index in [4.69, 9.17) is 9.47 Å². The predicted octanol–water partition coefficient (Wildman–Crippen LogP) is 5.33. The molecule has 0 radical (unpaired) electrons. The monoisotopic (exact) mass is 432 g/mol. The number of hydrogen-bond donors (Lipinski definition) is 2. The number of nitrogens with zero attached hydrogens (tertiary/aromatic N) is 2. The highest BCUT2D eigenvalue weighted by atomic mass is 16.5.